The molecule has 0 saturated heterocycles. The smallest absolute Gasteiger partial charge is 0.265 e. The Labute approximate surface area is 127 Å². The van der Waals surface area contributed by atoms with Crippen LogP contribution in [0, 0.1) is 5.92 Å². The fourth-order valence-electron chi connectivity index (χ4n) is 3.00. The number of ketones is 2. The number of Topliss-reactive ketones (excluding diaryl/α,β-unsaturated/α-hetero) is 1. The predicted molar refractivity (Wildman–Crippen MR) is 75.4 cm³/mol. The zero-order chi connectivity index (χ0) is 15.9. The van der Waals surface area contributed by atoms with Gasteiger partial charge in [0, 0.05) is 5.92 Å². The Hall–Kier alpha value is -1.99. The first-order chi connectivity index (χ1) is 10.5. The van der Waals surface area contributed by atoms with Gasteiger partial charge in [-0.1, -0.05) is 19.4 Å². The van der Waals surface area contributed by atoms with Crippen LogP contribution in [0.25, 0.3) is 0 Å². The third-order valence-electron chi connectivity index (χ3n) is 4.30. The largest absolute Gasteiger partial charge is 0.475 e. The minimum Gasteiger partial charge on any atom is -0.475 e. The van der Waals surface area contributed by atoms with Crippen molar-refractivity contribution in [1.29, 1.82) is 0 Å². The van der Waals surface area contributed by atoms with Gasteiger partial charge in [0.2, 0.25) is 5.78 Å². The molecule has 0 amide bonds. The maximum Gasteiger partial charge on any atom is 0.265 e. The summed E-state index contributed by atoms with van der Waals surface area (Å²) in [5, 5.41) is 14.4. The summed E-state index contributed by atoms with van der Waals surface area (Å²) in [4.78, 5) is 24.8. The Morgan fingerprint density at radius 3 is 3.05 bits per heavy atom. The van der Waals surface area contributed by atoms with Crippen molar-refractivity contribution < 1.29 is 24.0 Å². The molecule has 0 radical (unpaired) electrons. The SMILES string of the molecule is CCCCOc1noc2c1C(=O)[C@@]1(O)C(=O)C=CC[C@H]1[C@@H]2N. The number of aliphatic hydroxyl groups is 1. The molecule has 2 aliphatic rings. The lowest BCUT2D eigenvalue weighted by molar-refractivity contribution is -0.134. The van der Waals surface area contributed by atoms with Gasteiger partial charge in [0.15, 0.2) is 17.1 Å². The van der Waals surface area contributed by atoms with E-state index in [1.165, 1.54) is 6.08 Å². The highest BCUT2D eigenvalue weighted by molar-refractivity contribution is 6.23. The van der Waals surface area contributed by atoms with Crippen LogP contribution >= 0.6 is 0 Å². The molecule has 1 aromatic heterocycles. The quantitative estimate of drug-likeness (QED) is 0.627. The number of hydrogen-bond acceptors (Lipinski definition) is 7. The van der Waals surface area contributed by atoms with Crippen molar-refractivity contribution in [2.45, 2.75) is 37.8 Å². The fraction of sp³-hybridized carbons (Fsp3) is 0.533. The van der Waals surface area contributed by atoms with Gasteiger partial charge >= 0.3 is 0 Å². The fourth-order valence-corrected chi connectivity index (χ4v) is 3.00. The molecule has 0 spiro atoms. The zero-order valence-electron chi connectivity index (χ0n) is 12.2. The molecule has 3 rings (SSSR count). The molecule has 3 N–H and O–H groups in total. The van der Waals surface area contributed by atoms with Crippen molar-refractivity contribution in [1.82, 2.24) is 5.16 Å². The van der Waals surface area contributed by atoms with Crippen LogP contribution in [0.2, 0.25) is 0 Å². The van der Waals surface area contributed by atoms with E-state index < -0.39 is 29.1 Å². The molecule has 0 aliphatic heterocycles. The van der Waals surface area contributed by atoms with Gasteiger partial charge in [-0.2, -0.15) is 0 Å². The van der Waals surface area contributed by atoms with Gasteiger partial charge in [0.25, 0.3) is 5.88 Å². The number of nitrogens with zero attached hydrogens (tertiary/aromatic N) is 1. The molecule has 7 heteroatoms. The summed E-state index contributed by atoms with van der Waals surface area (Å²) in [6, 6.07) is -0.789. The average molecular weight is 306 g/mol. The number of fused-ring (bicyclic) bond motifs is 2. The molecule has 0 aromatic carbocycles. The molecule has 0 fully saturated rings. The van der Waals surface area contributed by atoms with Crippen molar-refractivity contribution in [3.05, 3.63) is 23.5 Å². The Kier molecular flexibility index (Phi) is 3.62. The van der Waals surface area contributed by atoms with Crippen molar-refractivity contribution in [2.24, 2.45) is 11.7 Å². The Balaban J connectivity index is 2.03. The van der Waals surface area contributed by atoms with Crippen LogP contribution < -0.4 is 10.5 Å². The summed E-state index contributed by atoms with van der Waals surface area (Å²) in [6.07, 6.45) is 4.85. The van der Waals surface area contributed by atoms with E-state index in [4.69, 9.17) is 15.0 Å². The lowest BCUT2D eigenvalue weighted by Gasteiger charge is -2.40. The second kappa shape index (κ2) is 5.33. The molecule has 1 aromatic rings. The predicted octanol–water partition coefficient (Wildman–Crippen LogP) is 0.926. The molecule has 7 nitrogen and oxygen atoms in total. The van der Waals surface area contributed by atoms with Gasteiger partial charge in [-0.05, 0) is 24.1 Å². The van der Waals surface area contributed by atoms with Crippen LogP contribution in [0.3, 0.4) is 0 Å². The second-order valence-corrected chi connectivity index (χ2v) is 5.66. The first kappa shape index (κ1) is 14.9. The molecule has 1 heterocycles. The van der Waals surface area contributed by atoms with Crippen molar-refractivity contribution in [2.75, 3.05) is 6.61 Å². The lowest BCUT2D eigenvalue weighted by Crippen LogP contribution is -2.59. The molecule has 2 aliphatic carbocycles. The van der Waals surface area contributed by atoms with Gasteiger partial charge in [-0.3, -0.25) is 9.59 Å². The van der Waals surface area contributed by atoms with Gasteiger partial charge in [0.05, 0.1) is 12.6 Å². The summed E-state index contributed by atoms with van der Waals surface area (Å²) in [6.45, 7) is 2.37. The van der Waals surface area contributed by atoms with E-state index in [0.717, 1.165) is 12.8 Å². The van der Waals surface area contributed by atoms with Crippen LogP contribution in [0.5, 0.6) is 5.88 Å². The van der Waals surface area contributed by atoms with E-state index >= 15 is 0 Å². The van der Waals surface area contributed by atoms with E-state index in [1.54, 1.807) is 6.08 Å². The van der Waals surface area contributed by atoms with Crippen LogP contribution in [0.15, 0.2) is 16.7 Å². The number of rotatable bonds is 4. The van der Waals surface area contributed by atoms with E-state index in [1.807, 2.05) is 6.92 Å². The molecule has 0 saturated carbocycles. The number of carbonyl (C=O) groups is 2. The van der Waals surface area contributed by atoms with E-state index in [9.17, 15) is 14.7 Å². The van der Waals surface area contributed by atoms with Gasteiger partial charge in [-0.25, -0.2) is 0 Å². The lowest BCUT2D eigenvalue weighted by atomic mass is 9.66. The first-order valence-electron chi connectivity index (χ1n) is 7.37. The van der Waals surface area contributed by atoms with E-state index in [2.05, 4.69) is 5.16 Å². The number of allylic oxidation sites excluding steroid dienone is 1. The zero-order valence-corrected chi connectivity index (χ0v) is 12.2. The second-order valence-electron chi connectivity index (χ2n) is 5.66. The molecular formula is C15H18N2O5. The van der Waals surface area contributed by atoms with E-state index in [0.29, 0.717) is 13.0 Å². The molecular weight excluding hydrogens is 288 g/mol. The molecule has 22 heavy (non-hydrogen) atoms. The maximum atomic E-state index is 12.7. The highest BCUT2D eigenvalue weighted by Gasteiger charge is 2.59. The van der Waals surface area contributed by atoms with Crippen molar-refractivity contribution in [3.8, 4) is 5.88 Å². The molecule has 0 unspecified atom stereocenters. The van der Waals surface area contributed by atoms with Crippen molar-refractivity contribution >= 4 is 11.6 Å². The van der Waals surface area contributed by atoms with Gasteiger partial charge in [0.1, 0.15) is 5.56 Å². The number of unbranched alkanes of at least 4 members (excludes halogenated alkanes) is 1. The summed E-state index contributed by atoms with van der Waals surface area (Å²) in [7, 11) is 0. The van der Waals surface area contributed by atoms with Crippen LogP contribution in [0.1, 0.15) is 48.3 Å². The highest BCUT2D eigenvalue weighted by Crippen LogP contribution is 2.46. The third-order valence-corrected chi connectivity index (χ3v) is 4.30. The monoisotopic (exact) mass is 306 g/mol. The summed E-state index contributed by atoms with van der Waals surface area (Å²) < 4.78 is 10.6. The summed E-state index contributed by atoms with van der Waals surface area (Å²) in [5.74, 6) is -1.97. The number of aromatic nitrogens is 1. The Morgan fingerprint density at radius 1 is 1.55 bits per heavy atom. The molecule has 3 atom stereocenters. The van der Waals surface area contributed by atoms with Crippen molar-refractivity contribution in [3.63, 3.8) is 0 Å². The number of carbonyl (C=O) groups excluding carboxylic acids is 2. The maximum absolute atomic E-state index is 12.7. The number of nitrogens with two attached hydrogens (primary N) is 1. The molecule has 0 bridgehead atoms. The Morgan fingerprint density at radius 2 is 2.32 bits per heavy atom. The Bertz CT molecular complexity index is 650. The molecule has 118 valence electrons. The summed E-state index contributed by atoms with van der Waals surface area (Å²) in [5.41, 5.74) is 3.93. The minimum absolute atomic E-state index is 0.00173. The van der Waals surface area contributed by atoms with Gasteiger partial charge in [-0.15, -0.1) is 0 Å². The normalized spacial score (nSPS) is 30.1. The topological polar surface area (TPSA) is 116 Å². The van der Waals surface area contributed by atoms with Gasteiger partial charge < -0.3 is 20.1 Å². The third kappa shape index (κ3) is 1.93. The van der Waals surface area contributed by atoms with Crippen LogP contribution in [0.4, 0.5) is 0 Å². The number of ether oxygens (including phenoxy) is 1. The standard InChI is InChI=1S/C15H18N2O5/c1-2-3-7-21-14-10-12(22-17-14)11(16)8-5-4-6-9(18)15(8,20)13(10)19/h4,6,8,11,20H,2-3,5,7,16H2,1H3/t8-,11-,15-/m0/s1. The van der Waals surface area contributed by atoms with Crippen LogP contribution in [-0.4, -0.2) is 34.0 Å². The first-order valence-corrected chi connectivity index (χ1v) is 7.37. The number of hydrogen-bond donors (Lipinski definition) is 2. The summed E-state index contributed by atoms with van der Waals surface area (Å²) >= 11 is 0. The highest BCUT2D eigenvalue weighted by atomic mass is 16.5. The van der Waals surface area contributed by atoms with Crippen LogP contribution in [-0.2, 0) is 4.79 Å². The average Bonchev–Trinajstić information content (AvgIpc) is 2.92. The minimum atomic E-state index is -2.16. The van der Waals surface area contributed by atoms with E-state index in [-0.39, 0.29) is 17.2 Å².